The molecular weight excluding hydrogens is 312 g/mol. The molecule has 3 heteroatoms. The summed E-state index contributed by atoms with van der Waals surface area (Å²) in [5, 5.41) is 10.5. The van der Waals surface area contributed by atoms with E-state index in [0.717, 1.165) is 19.3 Å². The Bertz CT molecular complexity index is 521. The highest BCUT2D eigenvalue weighted by atomic mass is 16.6. The molecule has 0 saturated heterocycles. The van der Waals surface area contributed by atoms with E-state index in [2.05, 4.69) is 34.3 Å². The number of carbonyl (C=O) groups is 1. The normalized spacial score (nSPS) is 39.8. The van der Waals surface area contributed by atoms with Crippen LogP contribution in [0.4, 0.5) is 0 Å². The number of hydrogen-bond acceptors (Lipinski definition) is 3. The van der Waals surface area contributed by atoms with Crippen LogP contribution in [0.3, 0.4) is 0 Å². The van der Waals surface area contributed by atoms with Gasteiger partial charge in [0.15, 0.2) is 0 Å². The summed E-state index contributed by atoms with van der Waals surface area (Å²) in [7, 11) is 0. The molecule has 0 spiro atoms. The fourth-order valence-electron chi connectivity index (χ4n) is 6.23. The van der Waals surface area contributed by atoms with E-state index in [1.165, 1.54) is 26.2 Å². The lowest BCUT2D eigenvalue weighted by Gasteiger charge is -2.62. The molecule has 0 aromatic heterocycles. The number of esters is 1. The number of hydrogen-bond donors (Lipinski definition) is 1. The van der Waals surface area contributed by atoms with Gasteiger partial charge in [0.05, 0.1) is 5.60 Å². The summed E-state index contributed by atoms with van der Waals surface area (Å²) >= 11 is 0. The van der Waals surface area contributed by atoms with Crippen molar-refractivity contribution in [2.24, 2.45) is 22.7 Å². The molecule has 0 aliphatic heterocycles. The lowest BCUT2D eigenvalue weighted by atomic mass is 9.45. The molecule has 3 nitrogen and oxygen atoms in total. The Kier molecular flexibility index (Phi) is 5.50. The smallest absolute Gasteiger partial charge is 0.303 e. The van der Waals surface area contributed by atoms with Crippen LogP contribution >= 0.6 is 0 Å². The first-order chi connectivity index (χ1) is 11.4. The fourth-order valence-corrected chi connectivity index (χ4v) is 6.23. The molecule has 0 heterocycles. The molecule has 2 saturated carbocycles. The third kappa shape index (κ3) is 3.97. The maximum atomic E-state index is 11.8. The summed E-state index contributed by atoms with van der Waals surface area (Å²) in [4.78, 5) is 11.8. The van der Waals surface area contributed by atoms with E-state index in [1.54, 1.807) is 6.08 Å². The number of aliphatic hydroxyl groups is 1. The SMILES string of the molecule is C=C[C@@](C)(O)CC[C@H]1[C@@]2(C)CCCC(C)(C)[C@H]2CC[C@@]1(C)OC(C)=O. The Hall–Kier alpha value is -0.830. The highest BCUT2D eigenvalue weighted by Gasteiger charge is 2.59. The summed E-state index contributed by atoms with van der Waals surface area (Å²) in [6.45, 7) is 16.4. The van der Waals surface area contributed by atoms with Crippen LogP contribution in [0.2, 0.25) is 0 Å². The Labute approximate surface area is 154 Å². The van der Waals surface area contributed by atoms with Crippen LogP contribution in [-0.2, 0) is 9.53 Å². The average molecular weight is 351 g/mol. The largest absolute Gasteiger partial charge is 0.459 e. The molecule has 2 rings (SSSR count). The second-order valence-corrected chi connectivity index (χ2v) is 10.00. The van der Waals surface area contributed by atoms with Gasteiger partial charge in [0.2, 0.25) is 0 Å². The average Bonchev–Trinajstić information content (AvgIpc) is 2.44. The molecule has 5 atom stereocenters. The van der Waals surface area contributed by atoms with Crippen LogP contribution in [0.25, 0.3) is 0 Å². The molecule has 0 unspecified atom stereocenters. The van der Waals surface area contributed by atoms with Gasteiger partial charge in [0, 0.05) is 12.8 Å². The maximum absolute atomic E-state index is 11.8. The Morgan fingerprint density at radius 2 is 1.92 bits per heavy atom. The van der Waals surface area contributed by atoms with E-state index >= 15 is 0 Å². The topological polar surface area (TPSA) is 46.5 Å². The van der Waals surface area contributed by atoms with Crippen molar-refractivity contribution < 1.29 is 14.6 Å². The van der Waals surface area contributed by atoms with Gasteiger partial charge in [-0.25, -0.2) is 0 Å². The lowest BCUT2D eigenvalue weighted by Crippen LogP contribution is -2.59. The van der Waals surface area contributed by atoms with Crippen LogP contribution in [0.15, 0.2) is 12.7 Å². The van der Waals surface area contributed by atoms with Gasteiger partial charge in [-0.1, -0.05) is 33.3 Å². The van der Waals surface area contributed by atoms with Crippen molar-refractivity contribution in [3.63, 3.8) is 0 Å². The zero-order chi connectivity index (χ0) is 19.1. The first-order valence-electron chi connectivity index (χ1n) is 9.92. The third-order valence-corrected chi connectivity index (χ3v) is 7.49. The second kappa shape index (κ2) is 6.72. The summed E-state index contributed by atoms with van der Waals surface area (Å²) in [6.07, 6.45) is 8.84. The molecule has 1 N–H and O–H groups in total. The van der Waals surface area contributed by atoms with Crippen LogP contribution in [0.1, 0.15) is 86.5 Å². The third-order valence-electron chi connectivity index (χ3n) is 7.49. The predicted octanol–water partition coefficient (Wildman–Crippen LogP) is 5.27. The molecule has 2 aliphatic rings. The quantitative estimate of drug-likeness (QED) is 0.543. The van der Waals surface area contributed by atoms with Crippen LogP contribution < -0.4 is 0 Å². The van der Waals surface area contributed by atoms with Crippen molar-refractivity contribution in [2.45, 2.75) is 97.7 Å². The first-order valence-corrected chi connectivity index (χ1v) is 9.92. The van der Waals surface area contributed by atoms with Crippen LogP contribution in [0.5, 0.6) is 0 Å². The van der Waals surface area contributed by atoms with Gasteiger partial charge < -0.3 is 9.84 Å². The van der Waals surface area contributed by atoms with Gasteiger partial charge in [-0.2, -0.15) is 0 Å². The zero-order valence-corrected chi connectivity index (χ0v) is 17.2. The summed E-state index contributed by atoms with van der Waals surface area (Å²) in [6, 6.07) is 0. The van der Waals surface area contributed by atoms with Gasteiger partial charge in [0.25, 0.3) is 0 Å². The standard InChI is InChI=1S/C22H38O3/c1-8-20(5,24)14-10-18-21(6)13-9-12-19(3,4)17(21)11-15-22(18,7)25-16(2)23/h8,17-18,24H,1,9-15H2,2-7H3/t17-,18+,20-,21+,22-/m1/s1. The number of fused-ring (bicyclic) bond motifs is 1. The van der Waals surface area contributed by atoms with Gasteiger partial charge >= 0.3 is 5.97 Å². The number of rotatable bonds is 5. The van der Waals surface area contributed by atoms with E-state index in [9.17, 15) is 9.90 Å². The van der Waals surface area contributed by atoms with E-state index < -0.39 is 11.2 Å². The van der Waals surface area contributed by atoms with Gasteiger partial charge in [-0.05, 0) is 69.1 Å². The summed E-state index contributed by atoms with van der Waals surface area (Å²) in [5.41, 5.74) is -0.850. The fraction of sp³-hybridized carbons (Fsp3) is 0.864. The van der Waals surface area contributed by atoms with Gasteiger partial charge in [-0.15, -0.1) is 6.58 Å². The van der Waals surface area contributed by atoms with E-state index in [0.29, 0.717) is 17.8 Å². The maximum Gasteiger partial charge on any atom is 0.303 e. The lowest BCUT2D eigenvalue weighted by molar-refractivity contribution is -0.200. The van der Waals surface area contributed by atoms with Crippen molar-refractivity contribution >= 4 is 5.97 Å². The molecule has 25 heavy (non-hydrogen) atoms. The Balaban J connectivity index is 2.38. The molecule has 2 aliphatic carbocycles. The molecule has 144 valence electrons. The first kappa shape index (κ1) is 20.5. The molecule has 0 bridgehead atoms. The highest BCUT2D eigenvalue weighted by Crippen LogP contribution is 2.63. The number of carbonyl (C=O) groups excluding carboxylic acids is 1. The van der Waals surface area contributed by atoms with Crippen molar-refractivity contribution in [3.05, 3.63) is 12.7 Å². The minimum Gasteiger partial charge on any atom is -0.459 e. The van der Waals surface area contributed by atoms with Crippen molar-refractivity contribution in [2.75, 3.05) is 0 Å². The molecule has 0 aromatic carbocycles. The Morgan fingerprint density at radius 1 is 1.28 bits per heavy atom. The highest BCUT2D eigenvalue weighted by molar-refractivity contribution is 5.66. The molecule has 0 aromatic rings. The predicted molar refractivity (Wildman–Crippen MR) is 102 cm³/mol. The summed E-state index contributed by atoms with van der Waals surface area (Å²) < 4.78 is 5.93. The molecule has 0 amide bonds. The zero-order valence-electron chi connectivity index (χ0n) is 17.2. The molecule has 2 fully saturated rings. The van der Waals surface area contributed by atoms with Crippen LogP contribution in [-0.4, -0.2) is 22.3 Å². The second-order valence-electron chi connectivity index (χ2n) is 10.00. The minimum absolute atomic E-state index is 0.140. The minimum atomic E-state index is -0.870. The van der Waals surface area contributed by atoms with E-state index in [4.69, 9.17) is 4.74 Å². The van der Waals surface area contributed by atoms with Crippen LogP contribution in [0, 0.1) is 22.7 Å². The van der Waals surface area contributed by atoms with Crippen molar-refractivity contribution in [3.8, 4) is 0 Å². The molecule has 0 radical (unpaired) electrons. The van der Waals surface area contributed by atoms with Crippen molar-refractivity contribution in [1.82, 2.24) is 0 Å². The van der Waals surface area contributed by atoms with Gasteiger partial charge in [0.1, 0.15) is 5.60 Å². The van der Waals surface area contributed by atoms with Crippen molar-refractivity contribution in [1.29, 1.82) is 0 Å². The van der Waals surface area contributed by atoms with E-state index in [1.807, 2.05) is 6.92 Å². The summed E-state index contributed by atoms with van der Waals surface area (Å²) in [5.74, 6) is 0.699. The Morgan fingerprint density at radius 3 is 2.48 bits per heavy atom. The number of ether oxygens (including phenoxy) is 1. The van der Waals surface area contributed by atoms with E-state index in [-0.39, 0.29) is 17.3 Å². The molecular formula is C22H38O3. The van der Waals surface area contributed by atoms with Gasteiger partial charge in [-0.3, -0.25) is 4.79 Å². The monoisotopic (exact) mass is 350 g/mol.